The summed E-state index contributed by atoms with van der Waals surface area (Å²) >= 11 is 0. The molecule has 0 N–H and O–H groups in total. The second-order valence-electron chi connectivity index (χ2n) is 4.88. The van der Waals surface area contributed by atoms with Gasteiger partial charge in [0.25, 0.3) is 0 Å². The van der Waals surface area contributed by atoms with Crippen LogP contribution in [0, 0.1) is 5.92 Å². The Kier molecular flexibility index (Phi) is 2.90. The molecule has 0 spiro atoms. The van der Waals surface area contributed by atoms with E-state index in [4.69, 9.17) is 0 Å². The fraction of sp³-hybridized carbons (Fsp3) is 0.500. The van der Waals surface area contributed by atoms with E-state index in [9.17, 15) is 4.79 Å². The third kappa shape index (κ3) is 2.11. The number of rotatable bonds is 2. The fourth-order valence-corrected chi connectivity index (χ4v) is 2.52. The molecule has 1 aromatic rings. The van der Waals surface area contributed by atoms with E-state index in [0.29, 0.717) is 17.6 Å². The summed E-state index contributed by atoms with van der Waals surface area (Å²) < 4.78 is 0. The number of carbonyl (C=O) groups is 1. The summed E-state index contributed by atoms with van der Waals surface area (Å²) in [5.74, 6) is 1.63. The molecule has 1 unspecified atom stereocenters. The highest BCUT2D eigenvalue weighted by Gasteiger charge is 2.25. The van der Waals surface area contributed by atoms with E-state index in [1.807, 2.05) is 18.2 Å². The van der Waals surface area contributed by atoms with Gasteiger partial charge in [0.15, 0.2) is 5.78 Å². The summed E-state index contributed by atoms with van der Waals surface area (Å²) in [5, 5.41) is 0. The monoisotopic (exact) mass is 202 g/mol. The zero-order valence-electron chi connectivity index (χ0n) is 9.49. The van der Waals surface area contributed by atoms with E-state index in [1.165, 1.54) is 12.0 Å². The van der Waals surface area contributed by atoms with Gasteiger partial charge in [-0.3, -0.25) is 4.79 Å². The first kappa shape index (κ1) is 10.4. The maximum absolute atomic E-state index is 11.7. The van der Waals surface area contributed by atoms with Gasteiger partial charge < -0.3 is 0 Å². The van der Waals surface area contributed by atoms with Gasteiger partial charge >= 0.3 is 0 Å². The molecule has 0 fully saturated rings. The Labute approximate surface area is 91.5 Å². The molecule has 2 rings (SSSR count). The SMILES string of the molecule is CC(C)CC1CCC(=O)c2ccccc21. The molecule has 1 aromatic carbocycles. The second kappa shape index (κ2) is 4.18. The van der Waals surface area contributed by atoms with Gasteiger partial charge in [0.05, 0.1) is 0 Å². The van der Waals surface area contributed by atoms with Crippen molar-refractivity contribution in [2.75, 3.05) is 0 Å². The van der Waals surface area contributed by atoms with Crippen LogP contribution in [0.25, 0.3) is 0 Å². The Hall–Kier alpha value is -1.11. The minimum Gasteiger partial charge on any atom is -0.294 e. The molecule has 1 aliphatic rings. The van der Waals surface area contributed by atoms with E-state index in [-0.39, 0.29) is 0 Å². The molecule has 1 nitrogen and oxygen atoms in total. The van der Waals surface area contributed by atoms with Gasteiger partial charge in [0, 0.05) is 12.0 Å². The zero-order valence-corrected chi connectivity index (χ0v) is 9.49. The van der Waals surface area contributed by atoms with Crippen molar-refractivity contribution in [3.8, 4) is 0 Å². The highest BCUT2D eigenvalue weighted by Crippen LogP contribution is 2.35. The Bertz CT molecular complexity index is 365. The van der Waals surface area contributed by atoms with Crippen molar-refractivity contribution in [1.29, 1.82) is 0 Å². The van der Waals surface area contributed by atoms with Crippen LogP contribution in [0.5, 0.6) is 0 Å². The molecule has 0 aliphatic heterocycles. The topological polar surface area (TPSA) is 17.1 Å². The van der Waals surface area contributed by atoms with E-state index >= 15 is 0 Å². The normalized spacial score (nSPS) is 20.5. The van der Waals surface area contributed by atoms with Gasteiger partial charge in [-0.05, 0) is 30.2 Å². The molecule has 80 valence electrons. The number of Topliss-reactive ketones (excluding diaryl/α,β-unsaturated/α-hetero) is 1. The van der Waals surface area contributed by atoms with Crippen molar-refractivity contribution < 1.29 is 4.79 Å². The Balaban J connectivity index is 2.32. The number of hydrogen-bond donors (Lipinski definition) is 0. The van der Waals surface area contributed by atoms with Crippen LogP contribution in [-0.4, -0.2) is 5.78 Å². The van der Waals surface area contributed by atoms with Crippen LogP contribution in [0.2, 0.25) is 0 Å². The van der Waals surface area contributed by atoms with Gasteiger partial charge in [-0.2, -0.15) is 0 Å². The highest BCUT2D eigenvalue weighted by molar-refractivity contribution is 5.98. The van der Waals surface area contributed by atoms with Crippen LogP contribution in [0.4, 0.5) is 0 Å². The van der Waals surface area contributed by atoms with Crippen LogP contribution in [0.3, 0.4) is 0 Å². The average Bonchev–Trinajstić information content (AvgIpc) is 2.22. The van der Waals surface area contributed by atoms with Crippen molar-refractivity contribution in [2.24, 2.45) is 5.92 Å². The highest BCUT2D eigenvalue weighted by atomic mass is 16.1. The van der Waals surface area contributed by atoms with Crippen LogP contribution < -0.4 is 0 Å². The average molecular weight is 202 g/mol. The lowest BCUT2D eigenvalue weighted by molar-refractivity contribution is 0.0965. The predicted molar refractivity (Wildman–Crippen MR) is 62.2 cm³/mol. The molecule has 0 saturated heterocycles. The second-order valence-corrected chi connectivity index (χ2v) is 4.88. The number of carbonyl (C=O) groups excluding carboxylic acids is 1. The lowest BCUT2D eigenvalue weighted by atomic mass is 9.78. The van der Waals surface area contributed by atoms with Crippen LogP contribution in [0.1, 0.15) is 54.9 Å². The number of benzene rings is 1. The first-order valence-corrected chi connectivity index (χ1v) is 5.80. The van der Waals surface area contributed by atoms with Gasteiger partial charge in [-0.25, -0.2) is 0 Å². The molecule has 0 aromatic heterocycles. The number of fused-ring (bicyclic) bond motifs is 1. The van der Waals surface area contributed by atoms with Gasteiger partial charge in [0.2, 0.25) is 0 Å². The Morgan fingerprint density at radius 1 is 1.33 bits per heavy atom. The van der Waals surface area contributed by atoms with Crippen molar-refractivity contribution in [3.05, 3.63) is 35.4 Å². The lowest BCUT2D eigenvalue weighted by Gasteiger charge is -2.25. The zero-order chi connectivity index (χ0) is 10.8. The summed E-state index contributed by atoms with van der Waals surface area (Å²) in [7, 11) is 0. The summed E-state index contributed by atoms with van der Waals surface area (Å²) in [4.78, 5) is 11.7. The summed E-state index contributed by atoms with van der Waals surface area (Å²) in [6, 6.07) is 8.11. The Morgan fingerprint density at radius 3 is 2.80 bits per heavy atom. The smallest absolute Gasteiger partial charge is 0.163 e. The molecular weight excluding hydrogens is 184 g/mol. The van der Waals surface area contributed by atoms with Gasteiger partial charge in [-0.1, -0.05) is 38.1 Å². The number of hydrogen-bond acceptors (Lipinski definition) is 1. The fourth-order valence-electron chi connectivity index (χ4n) is 2.52. The number of ketones is 1. The quantitative estimate of drug-likeness (QED) is 0.713. The maximum Gasteiger partial charge on any atom is 0.163 e. The first-order valence-electron chi connectivity index (χ1n) is 5.80. The minimum atomic E-state index is 0.325. The molecule has 0 radical (unpaired) electrons. The van der Waals surface area contributed by atoms with Crippen molar-refractivity contribution in [1.82, 2.24) is 0 Å². The molecule has 0 amide bonds. The van der Waals surface area contributed by atoms with E-state index in [1.54, 1.807) is 0 Å². The molecule has 15 heavy (non-hydrogen) atoms. The predicted octanol–water partition coefficient (Wildman–Crippen LogP) is 3.79. The summed E-state index contributed by atoms with van der Waals surface area (Å²) in [6.45, 7) is 4.50. The Morgan fingerprint density at radius 2 is 2.07 bits per heavy atom. The van der Waals surface area contributed by atoms with Crippen molar-refractivity contribution in [2.45, 2.75) is 39.0 Å². The van der Waals surface area contributed by atoms with Crippen molar-refractivity contribution in [3.63, 3.8) is 0 Å². The third-order valence-corrected chi connectivity index (χ3v) is 3.18. The molecule has 0 bridgehead atoms. The standard InChI is InChI=1S/C14H18O/c1-10(2)9-11-7-8-14(15)13-6-4-3-5-12(11)13/h3-6,10-11H,7-9H2,1-2H3. The van der Waals surface area contributed by atoms with E-state index < -0.39 is 0 Å². The minimum absolute atomic E-state index is 0.325. The third-order valence-electron chi connectivity index (χ3n) is 3.18. The van der Waals surface area contributed by atoms with E-state index in [2.05, 4.69) is 19.9 Å². The van der Waals surface area contributed by atoms with Crippen LogP contribution >= 0.6 is 0 Å². The first-order chi connectivity index (χ1) is 7.18. The molecule has 1 aliphatic carbocycles. The van der Waals surface area contributed by atoms with Crippen LogP contribution in [0.15, 0.2) is 24.3 Å². The van der Waals surface area contributed by atoms with Gasteiger partial charge in [-0.15, -0.1) is 0 Å². The summed E-state index contributed by atoms with van der Waals surface area (Å²) in [6.07, 6.45) is 2.97. The van der Waals surface area contributed by atoms with E-state index in [0.717, 1.165) is 18.4 Å². The molecule has 0 saturated carbocycles. The molecule has 0 heterocycles. The van der Waals surface area contributed by atoms with Crippen LogP contribution in [-0.2, 0) is 0 Å². The maximum atomic E-state index is 11.7. The van der Waals surface area contributed by atoms with Gasteiger partial charge in [0.1, 0.15) is 0 Å². The molecule has 1 heteroatoms. The molecular formula is C14H18O. The van der Waals surface area contributed by atoms with Crippen molar-refractivity contribution >= 4 is 5.78 Å². The molecule has 1 atom stereocenters. The largest absolute Gasteiger partial charge is 0.294 e. The lowest BCUT2D eigenvalue weighted by Crippen LogP contribution is -2.16. The summed E-state index contributed by atoms with van der Waals surface area (Å²) in [5.41, 5.74) is 2.25.